The monoisotopic (exact) mass is 349 g/mol. The van der Waals surface area contributed by atoms with E-state index in [1.807, 2.05) is 60.7 Å². The summed E-state index contributed by atoms with van der Waals surface area (Å²) in [5.41, 5.74) is 3.50. The minimum Gasteiger partial charge on any atom is -0.248 e. The molecule has 0 amide bonds. The molecule has 0 spiro atoms. The molecule has 0 saturated heterocycles. The van der Waals surface area contributed by atoms with E-state index in [0.29, 0.717) is 11.3 Å². The third-order valence-electron chi connectivity index (χ3n) is 4.31. The summed E-state index contributed by atoms with van der Waals surface area (Å²) in [6.07, 6.45) is -4.34. The van der Waals surface area contributed by atoms with Crippen molar-refractivity contribution < 1.29 is 13.2 Å². The first-order valence-corrected chi connectivity index (χ1v) is 8.15. The lowest BCUT2D eigenvalue weighted by Crippen LogP contribution is -2.04. The van der Waals surface area contributed by atoms with E-state index in [1.165, 1.54) is 12.1 Å². The van der Waals surface area contributed by atoms with Crippen LogP contribution >= 0.6 is 0 Å². The average Bonchev–Trinajstić information content (AvgIpc) is 2.67. The van der Waals surface area contributed by atoms with Gasteiger partial charge >= 0.3 is 6.18 Å². The number of benzene rings is 3. The molecule has 0 saturated carbocycles. The molecular weight excluding hydrogens is 335 g/mol. The van der Waals surface area contributed by atoms with Crippen molar-refractivity contribution in [3.63, 3.8) is 0 Å². The molecule has 0 fully saturated rings. The molecule has 0 aliphatic carbocycles. The summed E-state index contributed by atoms with van der Waals surface area (Å²) in [7, 11) is 0. The maximum Gasteiger partial charge on any atom is 0.416 e. The Bertz CT molecular complexity index is 1050. The number of para-hydroxylation sites is 1. The summed E-state index contributed by atoms with van der Waals surface area (Å²) in [6.45, 7) is 0. The van der Waals surface area contributed by atoms with Gasteiger partial charge in [0.15, 0.2) is 0 Å². The molecule has 0 atom stereocenters. The van der Waals surface area contributed by atoms with Gasteiger partial charge in [0.25, 0.3) is 0 Å². The van der Waals surface area contributed by atoms with Gasteiger partial charge in [-0.15, -0.1) is 0 Å². The van der Waals surface area contributed by atoms with E-state index in [0.717, 1.165) is 34.2 Å². The zero-order valence-corrected chi connectivity index (χ0v) is 13.7. The van der Waals surface area contributed by atoms with Crippen LogP contribution in [0.1, 0.15) is 5.56 Å². The first-order valence-electron chi connectivity index (χ1n) is 8.15. The van der Waals surface area contributed by atoms with E-state index >= 15 is 0 Å². The van der Waals surface area contributed by atoms with E-state index < -0.39 is 11.7 Å². The van der Waals surface area contributed by atoms with Crippen LogP contribution in [0.15, 0.2) is 84.9 Å². The Morgan fingerprint density at radius 2 is 1.31 bits per heavy atom. The second-order valence-corrected chi connectivity index (χ2v) is 6.01. The molecule has 4 heteroatoms. The van der Waals surface area contributed by atoms with Gasteiger partial charge in [-0.25, -0.2) is 4.98 Å². The van der Waals surface area contributed by atoms with Gasteiger partial charge in [-0.1, -0.05) is 60.7 Å². The highest BCUT2D eigenvalue weighted by Crippen LogP contribution is 2.34. The lowest BCUT2D eigenvalue weighted by molar-refractivity contribution is -0.137. The van der Waals surface area contributed by atoms with Crippen molar-refractivity contribution in [3.05, 3.63) is 90.5 Å². The lowest BCUT2D eigenvalue weighted by Gasteiger charge is -2.11. The zero-order valence-electron chi connectivity index (χ0n) is 13.7. The van der Waals surface area contributed by atoms with Crippen molar-refractivity contribution in [2.24, 2.45) is 0 Å². The van der Waals surface area contributed by atoms with Crippen LogP contribution in [0, 0.1) is 0 Å². The van der Waals surface area contributed by atoms with Crippen molar-refractivity contribution in [2.45, 2.75) is 6.18 Å². The normalized spacial score (nSPS) is 11.7. The summed E-state index contributed by atoms with van der Waals surface area (Å²) in [4.78, 5) is 4.64. The molecule has 0 radical (unpaired) electrons. The maximum atomic E-state index is 12.8. The van der Waals surface area contributed by atoms with E-state index in [4.69, 9.17) is 0 Å². The smallest absolute Gasteiger partial charge is 0.248 e. The number of fused-ring (bicyclic) bond motifs is 1. The van der Waals surface area contributed by atoms with Crippen LogP contribution in [0.3, 0.4) is 0 Å². The number of hydrogen-bond donors (Lipinski definition) is 0. The molecule has 0 N–H and O–H groups in total. The molecule has 4 aromatic rings. The Labute approximate surface area is 148 Å². The van der Waals surface area contributed by atoms with E-state index in [-0.39, 0.29) is 0 Å². The van der Waals surface area contributed by atoms with Crippen LogP contribution in [0.25, 0.3) is 33.3 Å². The Balaban J connectivity index is 1.89. The highest BCUT2D eigenvalue weighted by atomic mass is 19.4. The largest absolute Gasteiger partial charge is 0.416 e. The number of rotatable bonds is 2. The molecule has 4 rings (SSSR count). The second kappa shape index (κ2) is 6.30. The van der Waals surface area contributed by atoms with Crippen molar-refractivity contribution in [1.82, 2.24) is 4.98 Å². The Morgan fingerprint density at radius 3 is 2.00 bits per heavy atom. The van der Waals surface area contributed by atoms with Crippen LogP contribution in [0.5, 0.6) is 0 Å². The molecule has 128 valence electrons. The Hall–Kier alpha value is -3.14. The fraction of sp³-hybridized carbons (Fsp3) is 0.0455. The SMILES string of the molecule is FC(F)(F)c1ccc(-c2cc(-c3ccccc3)c3ccccc3n2)cc1. The third kappa shape index (κ3) is 3.06. The number of pyridine rings is 1. The zero-order chi connectivity index (χ0) is 18.1. The van der Waals surface area contributed by atoms with Crippen LogP contribution in [-0.4, -0.2) is 4.98 Å². The van der Waals surface area contributed by atoms with Crippen LogP contribution in [0.2, 0.25) is 0 Å². The molecule has 1 heterocycles. The number of aromatic nitrogens is 1. The third-order valence-corrected chi connectivity index (χ3v) is 4.31. The lowest BCUT2D eigenvalue weighted by atomic mass is 9.98. The van der Waals surface area contributed by atoms with Crippen LogP contribution in [0.4, 0.5) is 13.2 Å². The van der Waals surface area contributed by atoms with Gasteiger partial charge in [-0.2, -0.15) is 13.2 Å². The number of alkyl halides is 3. The van der Waals surface area contributed by atoms with E-state index in [1.54, 1.807) is 0 Å². The number of halogens is 3. The minimum absolute atomic E-state index is 0.649. The van der Waals surface area contributed by atoms with Crippen molar-refractivity contribution in [2.75, 3.05) is 0 Å². The minimum atomic E-state index is -4.34. The summed E-state index contributed by atoms with van der Waals surface area (Å²) in [5.74, 6) is 0. The highest BCUT2D eigenvalue weighted by Gasteiger charge is 2.30. The van der Waals surface area contributed by atoms with Gasteiger partial charge in [0, 0.05) is 10.9 Å². The average molecular weight is 349 g/mol. The predicted molar refractivity (Wildman–Crippen MR) is 97.6 cm³/mol. The van der Waals surface area contributed by atoms with Crippen molar-refractivity contribution in [1.29, 1.82) is 0 Å². The van der Waals surface area contributed by atoms with Gasteiger partial charge in [-0.3, -0.25) is 0 Å². The van der Waals surface area contributed by atoms with Gasteiger partial charge in [-0.05, 0) is 35.4 Å². The standard InChI is InChI=1S/C22H14F3N/c23-22(24,25)17-12-10-16(11-13-17)21-14-19(15-6-2-1-3-7-15)18-8-4-5-9-20(18)26-21/h1-14H. The van der Waals surface area contributed by atoms with Gasteiger partial charge in [0.1, 0.15) is 0 Å². The summed E-state index contributed by atoms with van der Waals surface area (Å²) >= 11 is 0. The van der Waals surface area contributed by atoms with Crippen molar-refractivity contribution >= 4 is 10.9 Å². The Kier molecular flexibility index (Phi) is 3.96. The van der Waals surface area contributed by atoms with E-state index in [2.05, 4.69) is 4.98 Å². The molecule has 0 unspecified atom stereocenters. The Morgan fingerprint density at radius 1 is 0.654 bits per heavy atom. The molecule has 1 nitrogen and oxygen atoms in total. The second-order valence-electron chi connectivity index (χ2n) is 6.01. The van der Waals surface area contributed by atoms with E-state index in [9.17, 15) is 13.2 Å². The molecular formula is C22H14F3N. The van der Waals surface area contributed by atoms with Gasteiger partial charge in [0.2, 0.25) is 0 Å². The first kappa shape index (κ1) is 16.3. The van der Waals surface area contributed by atoms with Crippen LogP contribution < -0.4 is 0 Å². The first-order chi connectivity index (χ1) is 12.5. The predicted octanol–water partition coefficient (Wildman–Crippen LogP) is 6.59. The number of hydrogen-bond acceptors (Lipinski definition) is 1. The summed E-state index contributed by atoms with van der Waals surface area (Å²) in [5, 5.41) is 1.01. The molecule has 3 aromatic carbocycles. The highest BCUT2D eigenvalue weighted by molar-refractivity contribution is 5.96. The molecule has 26 heavy (non-hydrogen) atoms. The fourth-order valence-corrected chi connectivity index (χ4v) is 3.01. The van der Waals surface area contributed by atoms with Gasteiger partial charge < -0.3 is 0 Å². The van der Waals surface area contributed by atoms with Gasteiger partial charge in [0.05, 0.1) is 16.8 Å². The molecule has 0 aliphatic rings. The molecule has 1 aromatic heterocycles. The van der Waals surface area contributed by atoms with Crippen LogP contribution in [-0.2, 0) is 6.18 Å². The number of nitrogens with zero attached hydrogens (tertiary/aromatic N) is 1. The van der Waals surface area contributed by atoms with Crippen molar-refractivity contribution in [3.8, 4) is 22.4 Å². The molecule has 0 aliphatic heterocycles. The fourth-order valence-electron chi connectivity index (χ4n) is 3.01. The maximum absolute atomic E-state index is 12.8. The summed E-state index contributed by atoms with van der Waals surface area (Å²) < 4.78 is 38.4. The molecule has 0 bridgehead atoms. The quantitative estimate of drug-likeness (QED) is 0.398. The summed E-state index contributed by atoms with van der Waals surface area (Å²) in [6, 6.07) is 24.7. The topological polar surface area (TPSA) is 12.9 Å².